The number of imidazole rings is 1. The number of ether oxygens (including phenoxy) is 1. The average molecular weight is 325 g/mol. The molecule has 1 aromatic heterocycles. The molecule has 0 amide bonds. The summed E-state index contributed by atoms with van der Waals surface area (Å²) >= 11 is 0. The smallest absolute Gasteiger partial charge is 0.217 e. The van der Waals surface area contributed by atoms with E-state index < -0.39 is 10.0 Å². The van der Waals surface area contributed by atoms with Crippen molar-refractivity contribution in [2.45, 2.75) is 43.4 Å². The monoisotopic (exact) mass is 325 g/mol. The van der Waals surface area contributed by atoms with Crippen molar-refractivity contribution >= 4 is 10.0 Å². The first-order chi connectivity index (χ1) is 10.6. The van der Waals surface area contributed by atoms with Crippen molar-refractivity contribution in [3.8, 4) is 0 Å². The summed E-state index contributed by atoms with van der Waals surface area (Å²) in [6.45, 7) is 2.32. The molecule has 3 aliphatic rings. The molecule has 0 spiro atoms. The van der Waals surface area contributed by atoms with Gasteiger partial charge in [-0.1, -0.05) is 0 Å². The molecule has 2 aliphatic carbocycles. The number of hydrogen-bond donors (Lipinski definition) is 0. The largest absolute Gasteiger partial charge is 0.380 e. The topological polar surface area (TPSA) is 64.4 Å². The minimum Gasteiger partial charge on any atom is -0.380 e. The summed E-state index contributed by atoms with van der Waals surface area (Å²) in [4.78, 5) is 4.41. The lowest BCUT2D eigenvalue weighted by atomic mass is 10.0. The number of hydrogen-bond acceptors (Lipinski definition) is 4. The number of aromatic nitrogens is 2. The van der Waals surface area contributed by atoms with Gasteiger partial charge in [0.1, 0.15) is 0 Å². The third kappa shape index (κ3) is 2.70. The van der Waals surface area contributed by atoms with E-state index in [1.807, 2.05) is 11.6 Å². The standard InChI is InChI=1S/C15H23N3O3S/c1-17-10-16-14-7-18(22(19,20)13-4-5-13)6-12(15(14)17)9-21-8-11-2-3-11/h10-13H,2-9H2,1H3. The molecule has 0 saturated heterocycles. The summed E-state index contributed by atoms with van der Waals surface area (Å²) < 4.78 is 34.6. The molecule has 2 heterocycles. The fourth-order valence-corrected chi connectivity index (χ4v) is 5.10. The van der Waals surface area contributed by atoms with Crippen molar-refractivity contribution in [3.05, 3.63) is 17.7 Å². The maximum absolute atomic E-state index is 12.6. The molecule has 0 bridgehead atoms. The molecule has 1 atom stereocenters. The van der Waals surface area contributed by atoms with Gasteiger partial charge in [-0.15, -0.1) is 0 Å². The molecule has 4 rings (SSSR count). The highest BCUT2D eigenvalue weighted by atomic mass is 32.2. The van der Waals surface area contributed by atoms with Gasteiger partial charge >= 0.3 is 0 Å². The lowest BCUT2D eigenvalue weighted by Gasteiger charge is -2.32. The van der Waals surface area contributed by atoms with Gasteiger partial charge in [0.2, 0.25) is 10.0 Å². The first-order valence-corrected chi connectivity index (χ1v) is 9.63. The van der Waals surface area contributed by atoms with Crippen LogP contribution in [0, 0.1) is 5.92 Å². The lowest BCUT2D eigenvalue weighted by molar-refractivity contribution is 0.0998. The van der Waals surface area contributed by atoms with Crippen LogP contribution < -0.4 is 0 Å². The second-order valence-corrected chi connectivity index (χ2v) is 9.11. The molecule has 0 radical (unpaired) electrons. The molecule has 0 aromatic carbocycles. The third-order valence-electron chi connectivity index (χ3n) is 4.87. The second kappa shape index (κ2) is 5.32. The number of aryl methyl sites for hydroxylation is 1. The van der Waals surface area contributed by atoms with Crippen LogP contribution in [-0.2, 0) is 28.4 Å². The Morgan fingerprint density at radius 2 is 2.05 bits per heavy atom. The van der Waals surface area contributed by atoms with E-state index in [9.17, 15) is 8.42 Å². The third-order valence-corrected chi connectivity index (χ3v) is 7.19. The number of sulfonamides is 1. The van der Waals surface area contributed by atoms with Gasteiger partial charge in [-0.05, 0) is 31.6 Å². The first-order valence-electron chi connectivity index (χ1n) is 8.12. The molecule has 1 aromatic rings. The highest BCUT2D eigenvalue weighted by Gasteiger charge is 2.43. The zero-order valence-electron chi connectivity index (χ0n) is 12.9. The van der Waals surface area contributed by atoms with Crippen LogP contribution in [0.4, 0.5) is 0 Å². The molecule has 7 heteroatoms. The van der Waals surface area contributed by atoms with Crippen LogP contribution in [0.2, 0.25) is 0 Å². The summed E-state index contributed by atoms with van der Waals surface area (Å²) in [5.74, 6) is 0.810. The van der Waals surface area contributed by atoms with Gasteiger partial charge in [0.05, 0.1) is 30.4 Å². The molecule has 22 heavy (non-hydrogen) atoms. The maximum atomic E-state index is 12.6. The van der Waals surface area contributed by atoms with E-state index in [4.69, 9.17) is 4.74 Å². The van der Waals surface area contributed by atoms with Crippen molar-refractivity contribution < 1.29 is 13.2 Å². The van der Waals surface area contributed by atoms with Crippen LogP contribution in [0.25, 0.3) is 0 Å². The molecule has 1 unspecified atom stereocenters. The van der Waals surface area contributed by atoms with E-state index in [2.05, 4.69) is 4.98 Å². The van der Waals surface area contributed by atoms with E-state index in [1.165, 1.54) is 12.8 Å². The highest BCUT2D eigenvalue weighted by Crippen LogP contribution is 2.36. The molecule has 2 fully saturated rings. The summed E-state index contributed by atoms with van der Waals surface area (Å²) in [7, 11) is -1.18. The van der Waals surface area contributed by atoms with Gasteiger partial charge in [0, 0.05) is 31.8 Å². The van der Waals surface area contributed by atoms with Crippen LogP contribution >= 0.6 is 0 Å². The zero-order chi connectivity index (χ0) is 15.3. The number of rotatable bonds is 6. The molecule has 0 N–H and O–H groups in total. The van der Waals surface area contributed by atoms with Gasteiger partial charge in [0.25, 0.3) is 0 Å². The minimum atomic E-state index is -3.16. The summed E-state index contributed by atoms with van der Waals surface area (Å²) in [5, 5.41) is -0.161. The quantitative estimate of drug-likeness (QED) is 0.789. The zero-order valence-corrected chi connectivity index (χ0v) is 13.8. The SMILES string of the molecule is Cn1cnc2c1C(COCC1CC1)CN(S(=O)(=O)C1CC1)C2. The van der Waals surface area contributed by atoms with E-state index >= 15 is 0 Å². The second-order valence-electron chi connectivity index (χ2n) is 6.90. The summed E-state index contributed by atoms with van der Waals surface area (Å²) in [6.07, 6.45) is 5.92. The molecule has 1 aliphatic heterocycles. The van der Waals surface area contributed by atoms with Crippen molar-refractivity contribution in [3.63, 3.8) is 0 Å². The summed E-state index contributed by atoms with van der Waals surface area (Å²) in [6, 6.07) is 0. The Bertz CT molecular complexity index is 662. The minimum absolute atomic E-state index is 0.0866. The van der Waals surface area contributed by atoms with Crippen molar-refractivity contribution in [2.24, 2.45) is 13.0 Å². The fourth-order valence-electron chi connectivity index (χ4n) is 3.26. The summed E-state index contributed by atoms with van der Waals surface area (Å²) in [5.41, 5.74) is 2.02. The lowest BCUT2D eigenvalue weighted by Crippen LogP contribution is -2.41. The highest BCUT2D eigenvalue weighted by molar-refractivity contribution is 7.90. The molecule has 122 valence electrons. The van der Waals surface area contributed by atoms with Gasteiger partial charge in [-0.2, -0.15) is 4.31 Å². The Labute approximate surface area is 131 Å². The van der Waals surface area contributed by atoms with Crippen LogP contribution in [0.1, 0.15) is 43.0 Å². The van der Waals surface area contributed by atoms with Gasteiger partial charge in [0.15, 0.2) is 0 Å². The fraction of sp³-hybridized carbons (Fsp3) is 0.800. The van der Waals surface area contributed by atoms with Crippen LogP contribution in [0.5, 0.6) is 0 Å². The van der Waals surface area contributed by atoms with E-state index in [1.54, 1.807) is 10.6 Å². The first kappa shape index (κ1) is 14.7. The molecule has 6 nitrogen and oxygen atoms in total. The Morgan fingerprint density at radius 1 is 1.27 bits per heavy atom. The van der Waals surface area contributed by atoms with E-state index in [0.717, 1.165) is 36.8 Å². The van der Waals surface area contributed by atoms with Crippen molar-refractivity contribution in [1.29, 1.82) is 0 Å². The maximum Gasteiger partial charge on any atom is 0.217 e. The Balaban J connectivity index is 1.53. The van der Waals surface area contributed by atoms with Gasteiger partial charge < -0.3 is 9.30 Å². The Kier molecular flexibility index (Phi) is 3.54. The van der Waals surface area contributed by atoms with Crippen molar-refractivity contribution in [1.82, 2.24) is 13.9 Å². The van der Waals surface area contributed by atoms with E-state index in [0.29, 0.717) is 19.7 Å². The number of nitrogens with zero attached hydrogens (tertiary/aromatic N) is 3. The average Bonchev–Trinajstić information content (AvgIpc) is 3.37. The van der Waals surface area contributed by atoms with E-state index in [-0.39, 0.29) is 11.2 Å². The van der Waals surface area contributed by atoms with Crippen molar-refractivity contribution in [2.75, 3.05) is 19.8 Å². The number of fused-ring (bicyclic) bond motifs is 1. The van der Waals surface area contributed by atoms with Gasteiger partial charge in [-0.25, -0.2) is 13.4 Å². The normalized spacial score (nSPS) is 26.1. The predicted octanol–water partition coefficient (Wildman–Crippen LogP) is 1.24. The molecule has 2 saturated carbocycles. The Hall–Kier alpha value is -0.920. The Morgan fingerprint density at radius 3 is 2.73 bits per heavy atom. The van der Waals surface area contributed by atoms with Crippen LogP contribution in [0.3, 0.4) is 0 Å². The van der Waals surface area contributed by atoms with Crippen LogP contribution in [0.15, 0.2) is 6.33 Å². The molecular formula is C15H23N3O3S. The molecular weight excluding hydrogens is 302 g/mol. The predicted molar refractivity (Wildman–Crippen MR) is 81.8 cm³/mol. The van der Waals surface area contributed by atoms with Gasteiger partial charge in [-0.3, -0.25) is 0 Å². The van der Waals surface area contributed by atoms with Crippen LogP contribution in [-0.4, -0.2) is 47.3 Å².